The van der Waals surface area contributed by atoms with E-state index < -0.39 is 41.1 Å². The minimum atomic E-state index is -1.66. The lowest BCUT2D eigenvalue weighted by Crippen LogP contribution is -2.42. The summed E-state index contributed by atoms with van der Waals surface area (Å²) in [6, 6.07) is 19.9. The normalized spacial score (nSPS) is 23.4. The zero-order chi connectivity index (χ0) is 27.4. The maximum Gasteiger partial charge on any atom is 0.311 e. The van der Waals surface area contributed by atoms with Crippen LogP contribution in [0.5, 0.6) is 17.2 Å². The van der Waals surface area contributed by atoms with Crippen LogP contribution in [-0.2, 0) is 9.53 Å². The van der Waals surface area contributed by atoms with Gasteiger partial charge in [0.15, 0.2) is 11.6 Å². The topological polar surface area (TPSA) is 113 Å². The van der Waals surface area contributed by atoms with Crippen LogP contribution >= 0.6 is 0 Å². The summed E-state index contributed by atoms with van der Waals surface area (Å²) in [7, 11) is 0. The lowest BCUT2D eigenvalue weighted by molar-refractivity contribution is -0.227. The standard InChI is InChI=1S/C32H30O7/c33-25(15-14-21-8-3-1-4-9-21)30-26(34)19-27-29(31(30)36)23-18-24(12-7-13-28(35)38-27)39-32(37,20-23)17-16-22-10-5-2-6-11-22/h1-6,8-11,14-17,19,23-24,34,36-37H,7,12-13,18,20H2/b15-14+,17-16+. The average Bonchev–Trinajstić information content (AvgIpc) is 2.91. The van der Waals surface area contributed by atoms with Gasteiger partial charge in [-0.1, -0.05) is 72.8 Å². The summed E-state index contributed by atoms with van der Waals surface area (Å²) in [5, 5.41) is 33.6. The Morgan fingerprint density at radius 3 is 2.33 bits per heavy atom. The monoisotopic (exact) mass is 526 g/mol. The predicted octanol–water partition coefficient (Wildman–Crippen LogP) is 5.75. The number of aliphatic hydroxyl groups is 1. The van der Waals surface area contributed by atoms with Gasteiger partial charge in [0, 0.05) is 24.5 Å². The van der Waals surface area contributed by atoms with Crippen molar-refractivity contribution in [1.82, 2.24) is 0 Å². The van der Waals surface area contributed by atoms with Gasteiger partial charge in [-0.3, -0.25) is 9.59 Å². The zero-order valence-electron chi connectivity index (χ0n) is 21.3. The summed E-state index contributed by atoms with van der Waals surface area (Å²) in [6.45, 7) is 0. The van der Waals surface area contributed by atoms with Gasteiger partial charge >= 0.3 is 5.97 Å². The SMILES string of the molecule is O=C1CCCC2CC(CC(O)(/C=C/c3ccccc3)O2)c2c(cc(O)c(C(=O)/C=C/c3ccccc3)c2O)O1. The Balaban J connectivity index is 1.54. The largest absolute Gasteiger partial charge is 0.507 e. The predicted molar refractivity (Wildman–Crippen MR) is 146 cm³/mol. The number of hydrogen-bond donors (Lipinski definition) is 3. The van der Waals surface area contributed by atoms with E-state index in [2.05, 4.69) is 0 Å². The molecule has 0 saturated carbocycles. The Morgan fingerprint density at radius 2 is 1.64 bits per heavy atom. The minimum Gasteiger partial charge on any atom is -0.507 e. The molecule has 2 bridgehead atoms. The fraction of sp³-hybridized carbons (Fsp3) is 0.250. The van der Waals surface area contributed by atoms with Crippen molar-refractivity contribution in [2.45, 2.75) is 49.9 Å². The van der Waals surface area contributed by atoms with E-state index >= 15 is 0 Å². The molecule has 7 nitrogen and oxygen atoms in total. The van der Waals surface area contributed by atoms with Crippen LogP contribution in [0.15, 0.2) is 78.9 Å². The molecule has 39 heavy (non-hydrogen) atoms. The van der Waals surface area contributed by atoms with Crippen LogP contribution in [0.4, 0.5) is 0 Å². The Kier molecular flexibility index (Phi) is 7.63. The quantitative estimate of drug-likeness (QED) is 0.168. The zero-order valence-corrected chi connectivity index (χ0v) is 21.3. The number of allylic oxidation sites excluding steroid dienone is 1. The molecule has 5 rings (SSSR count). The van der Waals surface area contributed by atoms with Gasteiger partial charge in [0.1, 0.15) is 22.8 Å². The fourth-order valence-corrected chi connectivity index (χ4v) is 5.27. The second-order valence-corrected chi connectivity index (χ2v) is 9.97. The van der Waals surface area contributed by atoms with Gasteiger partial charge in [-0.2, -0.15) is 0 Å². The first-order chi connectivity index (χ1) is 18.8. The number of phenols is 2. The molecule has 7 heteroatoms. The van der Waals surface area contributed by atoms with E-state index in [4.69, 9.17) is 9.47 Å². The average molecular weight is 527 g/mol. The molecule has 3 N–H and O–H groups in total. The highest BCUT2D eigenvalue weighted by molar-refractivity contribution is 6.11. The summed E-state index contributed by atoms with van der Waals surface area (Å²) < 4.78 is 11.6. The molecular weight excluding hydrogens is 496 g/mol. The molecular formula is C32H30O7. The molecule has 3 atom stereocenters. The van der Waals surface area contributed by atoms with E-state index in [9.17, 15) is 24.9 Å². The summed E-state index contributed by atoms with van der Waals surface area (Å²) in [5.41, 5.74) is 1.56. The van der Waals surface area contributed by atoms with Crippen molar-refractivity contribution in [3.63, 3.8) is 0 Å². The van der Waals surface area contributed by atoms with Crippen LogP contribution in [0.1, 0.15) is 65.1 Å². The van der Waals surface area contributed by atoms with E-state index in [0.29, 0.717) is 19.3 Å². The van der Waals surface area contributed by atoms with Gasteiger partial charge in [0.25, 0.3) is 0 Å². The first-order valence-electron chi connectivity index (χ1n) is 13.0. The number of rotatable bonds is 5. The molecule has 2 aliphatic rings. The smallest absolute Gasteiger partial charge is 0.311 e. The molecule has 200 valence electrons. The lowest BCUT2D eigenvalue weighted by Gasteiger charge is -2.41. The van der Waals surface area contributed by atoms with E-state index in [-0.39, 0.29) is 29.7 Å². The van der Waals surface area contributed by atoms with E-state index in [1.165, 1.54) is 12.1 Å². The number of aromatic hydroxyl groups is 2. The Morgan fingerprint density at radius 1 is 0.974 bits per heavy atom. The highest BCUT2D eigenvalue weighted by atomic mass is 16.6. The summed E-state index contributed by atoms with van der Waals surface area (Å²) >= 11 is 0. The van der Waals surface area contributed by atoms with Gasteiger partial charge in [-0.25, -0.2) is 0 Å². The number of esters is 1. The van der Waals surface area contributed by atoms with Crippen molar-refractivity contribution in [2.24, 2.45) is 0 Å². The van der Waals surface area contributed by atoms with Crippen LogP contribution in [0, 0.1) is 0 Å². The molecule has 3 unspecified atom stereocenters. The summed E-state index contributed by atoms with van der Waals surface area (Å²) in [6.07, 6.45) is 7.38. The van der Waals surface area contributed by atoms with Crippen LogP contribution in [0.25, 0.3) is 12.2 Å². The molecule has 0 aromatic heterocycles. The number of ether oxygens (including phenoxy) is 2. The summed E-state index contributed by atoms with van der Waals surface area (Å²) in [5.74, 6) is -4.31. The van der Waals surface area contributed by atoms with Crippen LogP contribution in [-0.4, -0.2) is 39.0 Å². The highest BCUT2D eigenvalue weighted by Crippen LogP contribution is 2.50. The number of fused-ring (bicyclic) bond motifs is 4. The highest BCUT2D eigenvalue weighted by Gasteiger charge is 2.42. The van der Waals surface area contributed by atoms with Crippen molar-refractivity contribution < 1.29 is 34.4 Å². The van der Waals surface area contributed by atoms with E-state index in [0.717, 1.165) is 11.1 Å². The third-order valence-electron chi connectivity index (χ3n) is 7.09. The number of ketones is 1. The molecule has 0 aliphatic carbocycles. The third kappa shape index (κ3) is 6.11. The molecule has 0 spiro atoms. The lowest BCUT2D eigenvalue weighted by atomic mass is 9.80. The van der Waals surface area contributed by atoms with E-state index in [1.807, 2.05) is 60.7 Å². The first kappa shape index (κ1) is 26.4. The molecule has 1 fully saturated rings. The van der Waals surface area contributed by atoms with Crippen molar-refractivity contribution in [2.75, 3.05) is 0 Å². The molecule has 1 saturated heterocycles. The van der Waals surface area contributed by atoms with Crippen molar-refractivity contribution in [3.8, 4) is 17.2 Å². The number of phenolic OH excluding ortho intramolecular Hbond substituents is 2. The molecule has 2 aliphatic heterocycles. The van der Waals surface area contributed by atoms with Gasteiger partial charge in [0.2, 0.25) is 0 Å². The molecule has 2 heterocycles. The van der Waals surface area contributed by atoms with Crippen molar-refractivity contribution >= 4 is 23.9 Å². The van der Waals surface area contributed by atoms with Gasteiger partial charge < -0.3 is 24.8 Å². The van der Waals surface area contributed by atoms with Gasteiger partial charge in [-0.05, 0) is 48.5 Å². The van der Waals surface area contributed by atoms with Crippen LogP contribution < -0.4 is 4.74 Å². The molecule has 3 aromatic carbocycles. The maximum absolute atomic E-state index is 13.1. The summed E-state index contributed by atoms with van der Waals surface area (Å²) in [4.78, 5) is 25.7. The number of benzene rings is 3. The maximum atomic E-state index is 13.1. The van der Waals surface area contributed by atoms with Crippen LogP contribution in [0.2, 0.25) is 0 Å². The first-order valence-corrected chi connectivity index (χ1v) is 13.0. The van der Waals surface area contributed by atoms with Crippen molar-refractivity contribution in [1.29, 1.82) is 0 Å². The second-order valence-electron chi connectivity index (χ2n) is 9.97. The fourth-order valence-electron chi connectivity index (χ4n) is 5.27. The minimum absolute atomic E-state index is 0.0273. The van der Waals surface area contributed by atoms with Crippen LogP contribution in [0.3, 0.4) is 0 Å². The number of hydrogen-bond acceptors (Lipinski definition) is 7. The Bertz CT molecular complexity index is 1410. The molecule has 0 amide bonds. The van der Waals surface area contributed by atoms with Gasteiger partial charge in [-0.15, -0.1) is 0 Å². The Hall–Kier alpha value is -4.20. The third-order valence-corrected chi connectivity index (χ3v) is 7.09. The Labute approximate surface area is 226 Å². The van der Waals surface area contributed by atoms with E-state index in [1.54, 1.807) is 18.2 Å². The molecule has 0 radical (unpaired) electrons. The second kappa shape index (κ2) is 11.3. The van der Waals surface area contributed by atoms with Crippen molar-refractivity contribution in [3.05, 3.63) is 101 Å². The number of carbonyl (C=O) groups excluding carboxylic acids is 2. The van der Waals surface area contributed by atoms with Gasteiger partial charge in [0.05, 0.1) is 6.10 Å². The number of carbonyl (C=O) groups is 2. The molecule has 3 aromatic rings.